The minimum atomic E-state index is -0.689. The summed E-state index contributed by atoms with van der Waals surface area (Å²) in [5.74, 6) is -4.80. The lowest BCUT2D eigenvalue weighted by atomic mass is 9.90. The van der Waals surface area contributed by atoms with Crippen LogP contribution >= 0.6 is 0 Å². The van der Waals surface area contributed by atoms with E-state index in [9.17, 15) is 19.2 Å². The molecule has 0 fully saturated rings. The number of carbonyl (C=O) groups is 7. The van der Waals surface area contributed by atoms with Crippen LogP contribution in [0.5, 0.6) is 0 Å². The number of nitrogens with zero attached hydrogens (tertiary/aromatic N) is 6. The maximum atomic E-state index is 15.5. The predicted molar refractivity (Wildman–Crippen MR) is 365 cm³/mol. The lowest BCUT2D eigenvalue weighted by Crippen LogP contribution is -2.52. The fourth-order valence-corrected chi connectivity index (χ4v) is 11.9. The number of nitrogens with two attached hydrogens (primary N) is 3. The molecular formula is C77H87N9O7. The Morgan fingerprint density at radius 3 is 0.785 bits per heavy atom. The van der Waals surface area contributed by atoms with Gasteiger partial charge >= 0.3 is 0 Å². The molecule has 0 aromatic heterocycles. The Hall–Kier alpha value is -10.0. The molecule has 8 aromatic carbocycles. The van der Waals surface area contributed by atoms with Crippen LogP contribution in [0.2, 0.25) is 0 Å². The molecule has 8 aromatic rings. The van der Waals surface area contributed by atoms with E-state index < -0.39 is 61.0 Å². The standard InChI is InChI=1S/C77H87N9O7/c1-59(87)84(51-69(62-32-14-4-15-33-62)63-34-16-5-17-35-63)57-75(91)82(48-27-46-79)56-77(93)86(53-71(66-40-22-8-23-41-66)67-42-24-9-25-43-67)58-76(92)81(47-26-45-78)55-74(90)83(50-68(60-28-10-2-11-29-60)61-30-12-3-13-31-61)49-44-73(89)85(54-72(80)88)52-70(64-36-18-6-19-37-64)65-38-20-7-21-39-65/h2-25,28-43,68-71H,26-27,44-58,78-79H2,1H3,(H2,80,88). The van der Waals surface area contributed by atoms with Crippen LogP contribution in [0.3, 0.4) is 0 Å². The highest BCUT2D eigenvalue weighted by atomic mass is 16.2. The van der Waals surface area contributed by atoms with E-state index in [1.54, 1.807) is 4.90 Å². The molecule has 0 aliphatic carbocycles. The summed E-state index contributed by atoms with van der Waals surface area (Å²) >= 11 is 0. The van der Waals surface area contributed by atoms with Crippen molar-refractivity contribution < 1.29 is 33.6 Å². The zero-order valence-electron chi connectivity index (χ0n) is 53.2. The van der Waals surface area contributed by atoms with Gasteiger partial charge in [0.15, 0.2) is 0 Å². The molecule has 0 atom stereocenters. The van der Waals surface area contributed by atoms with E-state index in [0.29, 0.717) is 12.8 Å². The van der Waals surface area contributed by atoms with Crippen molar-refractivity contribution >= 4 is 41.4 Å². The molecule has 482 valence electrons. The highest BCUT2D eigenvalue weighted by Gasteiger charge is 2.33. The minimum absolute atomic E-state index is 0.00682. The zero-order chi connectivity index (χ0) is 65.7. The Kier molecular flexibility index (Phi) is 26.8. The summed E-state index contributed by atoms with van der Waals surface area (Å²) in [6.07, 6.45) is 0.478. The number of carbonyl (C=O) groups excluding carboxylic acids is 7. The maximum absolute atomic E-state index is 15.5. The second-order valence-corrected chi connectivity index (χ2v) is 23.4. The van der Waals surface area contributed by atoms with Crippen molar-refractivity contribution in [3.05, 3.63) is 287 Å². The van der Waals surface area contributed by atoms with Crippen molar-refractivity contribution in [1.82, 2.24) is 29.4 Å². The van der Waals surface area contributed by atoms with E-state index in [0.717, 1.165) is 44.5 Å². The number of primary amides is 1. The van der Waals surface area contributed by atoms with Gasteiger partial charge in [-0.2, -0.15) is 0 Å². The molecule has 0 bridgehead atoms. The molecule has 0 spiro atoms. The molecule has 8 rings (SSSR count). The smallest absolute Gasteiger partial charge is 0.242 e. The third-order valence-electron chi connectivity index (χ3n) is 16.9. The number of rotatable bonds is 35. The molecule has 16 nitrogen and oxygen atoms in total. The van der Waals surface area contributed by atoms with Gasteiger partial charge in [-0.05, 0) is 70.4 Å². The van der Waals surface area contributed by atoms with Crippen LogP contribution in [0.25, 0.3) is 0 Å². The first-order chi connectivity index (χ1) is 45.3. The van der Waals surface area contributed by atoms with Crippen molar-refractivity contribution in [2.75, 3.05) is 91.6 Å². The Labute approximate surface area is 547 Å². The molecule has 0 aliphatic rings. The van der Waals surface area contributed by atoms with Crippen molar-refractivity contribution in [1.29, 1.82) is 0 Å². The SMILES string of the molecule is CC(=O)N(CC(=O)N(CCCN)CC(=O)N(CC(=O)N(CCCN)CC(=O)N(CCC(=O)N(CC(N)=O)CC(c1ccccc1)c1ccccc1)CC(c1ccccc1)c1ccccc1)CC(c1ccccc1)c1ccccc1)CC(c1ccccc1)c1ccccc1. The molecule has 7 amide bonds. The molecule has 0 saturated heterocycles. The molecular weight excluding hydrogens is 1160 g/mol. The van der Waals surface area contributed by atoms with Crippen LogP contribution in [0, 0.1) is 0 Å². The molecule has 0 aliphatic heterocycles. The average molecular weight is 1250 g/mol. The van der Waals surface area contributed by atoms with Crippen molar-refractivity contribution in [3.63, 3.8) is 0 Å². The molecule has 0 radical (unpaired) electrons. The van der Waals surface area contributed by atoms with Gasteiger partial charge < -0.3 is 46.6 Å². The molecule has 6 N–H and O–H groups in total. The third-order valence-corrected chi connectivity index (χ3v) is 16.9. The summed E-state index contributed by atoms with van der Waals surface area (Å²) in [6.45, 7) is 0.286. The lowest BCUT2D eigenvalue weighted by Gasteiger charge is -2.34. The largest absolute Gasteiger partial charge is 0.368 e. The van der Waals surface area contributed by atoms with Crippen LogP contribution in [-0.2, 0) is 33.6 Å². The van der Waals surface area contributed by atoms with E-state index in [1.165, 1.54) is 31.4 Å². The van der Waals surface area contributed by atoms with Gasteiger partial charge in [0.1, 0.15) is 0 Å². The Balaban J connectivity index is 1.10. The van der Waals surface area contributed by atoms with Gasteiger partial charge in [-0.15, -0.1) is 0 Å². The lowest BCUT2D eigenvalue weighted by molar-refractivity contribution is -0.147. The van der Waals surface area contributed by atoms with E-state index in [-0.39, 0.29) is 102 Å². The van der Waals surface area contributed by atoms with Crippen molar-refractivity contribution in [2.45, 2.75) is 49.9 Å². The van der Waals surface area contributed by atoms with Crippen LogP contribution in [0.4, 0.5) is 0 Å². The highest BCUT2D eigenvalue weighted by molar-refractivity contribution is 5.92. The summed E-state index contributed by atoms with van der Waals surface area (Å²) in [4.78, 5) is 111. The quantitative estimate of drug-likeness (QED) is 0.0345. The molecule has 93 heavy (non-hydrogen) atoms. The van der Waals surface area contributed by atoms with Crippen molar-refractivity contribution in [3.8, 4) is 0 Å². The molecule has 0 saturated carbocycles. The summed E-state index contributed by atoms with van der Waals surface area (Å²) in [5.41, 5.74) is 25.6. The monoisotopic (exact) mass is 1250 g/mol. The van der Waals surface area contributed by atoms with E-state index in [4.69, 9.17) is 17.2 Å². The number of amides is 7. The van der Waals surface area contributed by atoms with E-state index in [1.807, 2.05) is 243 Å². The van der Waals surface area contributed by atoms with Gasteiger partial charge in [0.05, 0.1) is 32.7 Å². The van der Waals surface area contributed by atoms with E-state index >= 15 is 14.4 Å². The van der Waals surface area contributed by atoms with Gasteiger partial charge in [-0.3, -0.25) is 33.6 Å². The summed E-state index contributed by atoms with van der Waals surface area (Å²) < 4.78 is 0. The first-order valence-corrected chi connectivity index (χ1v) is 32.0. The van der Waals surface area contributed by atoms with Gasteiger partial charge in [-0.25, -0.2) is 0 Å². The fourth-order valence-electron chi connectivity index (χ4n) is 11.9. The Bertz CT molecular complexity index is 3440. The normalized spacial score (nSPS) is 11.1. The van der Waals surface area contributed by atoms with E-state index in [2.05, 4.69) is 0 Å². The highest BCUT2D eigenvalue weighted by Crippen LogP contribution is 2.31. The first kappa shape index (κ1) is 68.9. The molecule has 0 heterocycles. The topological polar surface area (TPSA) is 217 Å². The number of hydrogen-bond acceptors (Lipinski definition) is 9. The number of benzene rings is 8. The van der Waals surface area contributed by atoms with Crippen LogP contribution in [-0.4, -0.2) is 162 Å². The van der Waals surface area contributed by atoms with Crippen molar-refractivity contribution in [2.24, 2.45) is 17.2 Å². The predicted octanol–water partition coefficient (Wildman–Crippen LogP) is 8.88. The minimum Gasteiger partial charge on any atom is -0.368 e. The fraction of sp³-hybridized carbons (Fsp3) is 0.286. The Morgan fingerprint density at radius 2 is 0.516 bits per heavy atom. The maximum Gasteiger partial charge on any atom is 0.242 e. The van der Waals surface area contributed by atoms with Gasteiger partial charge in [0.2, 0.25) is 41.4 Å². The van der Waals surface area contributed by atoms with Gasteiger partial charge in [0, 0.05) is 82.8 Å². The molecule has 0 unspecified atom stereocenters. The average Bonchev–Trinajstić information content (AvgIpc) is 1.30. The van der Waals surface area contributed by atoms with Gasteiger partial charge in [0.25, 0.3) is 0 Å². The van der Waals surface area contributed by atoms with Crippen LogP contribution < -0.4 is 17.2 Å². The van der Waals surface area contributed by atoms with Crippen LogP contribution in [0.1, 0.15) is 94.4 Å². The zero-order valence-corrected chi connectivity index (χ0v) is 53.2. The van der Waals surface area contributed by atoms with Gasteiger partial charge in [-0.1, -0.05) is 243 Å². The summed E-state index contributed by atoms with van der Waals surface area (Å²) in [5, 5.41) is 0. The first-order valence-electron chi connectivity index (χ1n) is 32.0. The molecule has 16 heteroatoms. The Morgan fingerprint density at radius 1 is 0.290 bits per heavy atom. The number of hydrogen-bond donors (Lipinski definition) is 3. The summed E-state index contributed by atoms with van der Waals surface area (Å²) in [6, 6.07) is 77.9. The van der Waals surface area contributed by atoms with Crippen LogP contribution in [0.15, 0.2) is 243 Å². The second-order valence-electron chi connectivity index (χ2n) is 23.4. The second kappa shape index (κ2) is 36.1. The third kappa shape index (κ3) is 20.7. The summed E-state index contributed by atoms with van der Waals surface area (Å²) in [7, 11) is 0.